The van der Waals surface area contributed by atoms with Gasteiger partial charge < -0.3 is 0 Å². The first-order valence-corrected chi connectivity index (χ1v) is 19.9. The topological polar surface area (TPSA) is 0 Å². The highest BCUT2D eigenvalue weighted by Gasteiger charge is 2.52. The van der Waals surface area contributed by atoms with Gasteiger partial charge in [0.15, 0.2) is 0 Å². The molecule has 0 radical (unpaired) electrons. The predicted molar refractivity (Wildman–Crippen MR) is 203 cm³/mol. The molecule has 0 heterocycles. The van der Waals surface area contributed by atoms with Crippen LogP contribution in [-0.2, 0) is 16.2 Å². The second-order valence-electron chi connectivity index (χ2n) is 16.2. The minimum Gasteiger partial charge on any atom is -0.0654 e. The Morgan fingerprint density at radius 2 is 0.844 bits per heavy atom. The summed E-state index contributed by atoms with van der Waals surface area (Å²) in [5, 5.41) is 0. The highest BCUT2D eigenvalue weighted by Crippen LogP contribution is 2.61. The Morgan fingerprint density at radius 3 is 1.18 bits per heavy atom. The Bertz CT molecular complexity index is 1060. The SMILES string of the molecule is CCCCCCCC(CCC)C1(C(CCC)CCCCCCC)c2cc(C(C)(C)CC)ccc2-c2ccc(C(C)(C)CC)cc21. The van der Waals surface area contributed by atoms with Gasteiger partial charge in [-0.25, -0.2) is 0 Å². The van der Waals surface area contributed by atoms with Crippen molar-refractivity contribution in [1.29, 1.82) is 0 Å². The molecule has 254 valence electrons. The van der Waals surface area contributed by atoms with Crippen molar-refractivity contribution in [1.82, 2.24) is 0 Å². The van der Waals surface area contributed by atoms with E-state index in [1.807, 2.05) is 0 Å². The Morgan fingerprint density at radius 1 is 0.467 bits per heavy atom. The quantitative estimate of drug-likeness (QED) is 0.116. The van der Waals surface area contributed by atoms with Crippen molar-refractivity contribution in [2.24, 2.45) is 11.8 Å². The number of benzene rings is 2. The molecule has 0 amide bonds. The van der Waals surface area contributed by atoms with Gasteiger partial charge >= 0.3 is 0 Å². The van der Waals surface area contributed by atoms with E-state index >= 15 is 0 Å². The second kappa shape index (κ2) is 17.6. The van der Waals surface area contributed by atoms with E-state index in [0.717, 1.165) is 0 Å². The van der Waals surface area contributed by atoms with Crippen LogP contribution in [0.3, 0.4) is 0 Å². The summed E-state index contributed by atoms with van der Waals surface area (Å²) in [6.07, 6.45) is 24.1. The molecule has 2 unspecified atom stereocenters. The lowest BCUT2D eigenvalue weighted by Crippen LogP contribution is -2.43. The number of hydrogen-bond donors (Lipinski definition) is 0. The maximum Gasteiger partial charge on any atom is 0.0271 e. The van der Waals surface area contributed by atoms with Gasteiger partial charge in [-0.3, -0.25) is 0 Å². The van der Waals surface area contributed by atoms with Gasteiger partial charge in [-0.1, -0.05) is 183 Å². The van der Waals surface area contributed by atoms with Crippen molar-refractivity contribution in [3.05, 3.63) is 58.7 Å². The molecule has 0 aromatic heterocycles. The standard InChI is InChI=1S/C45H74/c1-11-17-19-21-23-27-35(25-13-3)45(36(26-14-4)28-24-22-20-18-12-2)41-33-37(43(7,8)15-5)29-31-39(41)40-32-30-38(34-42(40)45)44(9,10)16-6/h29-36H,11-28H2,1-10H3. The van der Waals surface area contributed by atoms with Crippen LogP contribution in [0.15, 0.2) is 36.4 Å². The molecule has 0 saturated carbocycles. The van der Waals surface area contributed by atoms with Crippen LogP contribution in [0.1, 0.15) is 207 Å². The van der Waals surface area contributed by atoms with Gasteiger partial charge in [0.2, 0.25) is 0 Å². The molecule has 0 saturated heterocycles. The molecule has 3 rings (SSSR count). The van der Waals surface area contributed by atoms with E-state index in [4.69, 9.17) is 0 Å². The summed E-state index contributed by atoms with van der Waals surface area (Å²) >= 11 is 0. The first-order chi connectivity index (χ1) is 21.6. The second-order valence-corrected chi connectivity index (χ2v) is 16.2. The Hall–Kier alpha value is -1.56. The summed E-state index contributed by atoms with van der Waals surface area (Å²) in [4.78, 5) is 0. The Labute approximate surface area is 282 Å². The minimum absolute atomic E-state index is 0.103. The lowest BCUT2D eigenvalue weighted by molar-refractivity contribution is 0.167. The van der Waals surface area contributed by atoms with Gasteiger partial charge in [-0.2, -0.15) is 0 Å². The van der Waals surface area contributed by atoms with Gasteiger partial charge in [-0.05, 0) is 94.6 Å². The molecule has 0 fully saturated rings. The van der Waals surface area contributed by atoms with E-state index < -0.39 is 0 Å². The van der Waals surface area contributed by atoms with Crippen LogP contribution >= 0.6 is 0 Å². The summed E-state index contributed by atoms with van der Waals surface area (Å²) in [5.74, 6) is 1.38. The van der Waals surface area contributed by atoms with Crippen molar-refractivity contribution in [3.63, 3.8) is 0 Å². The highest BCUT2D eigenvalue weighted by atomic mass is 14.6. The third-order valence-corrected chi connectivity index (χ3v) is 12.4. The van der Waals surface area contributed by atoms with Gasteiger partial charge in [0, 0.05) is 5.41 Å². The van der Waals surface area contributed by atoms with Crippen molar-refractivity contribution in [2.45, 2.75) is 201 Å². The molecule has 0 spiro atoms. The summed E-state index contributed by atoms with van der Waals surface area (Å²) < 4.78 is 0. The first-order valence-electron chi connectivity index (χ1n) is 19.9. The van der Waals surface area contributed by atoms with Crippen LogP contribution < -0.4 is 0 Å². The van der Waals surface area contributed by atoms with Gasteiger partial charge in [-0.15, -0.1) is 0 Å². The van der Waals surface area contributed by atoms with Crippen LogP contribution in [-0.4, -0.2) is 0 Å². The summed E-state index contributed by atoms with van der Waals surface area (Å²) in [5.41, 5.74) is 10.1. The third-order valence-electron chi connectivity index (χ3n) is 12.4. The van der Waals surface area contributed by atoms with E-state index in [1.54, 1.807) is 33.4 Å². The number of fused-ring (bicyclic) bond motifs is 3. The fraction of sp³-hybridized carbons (Fsp3) is 0.733. The Balaban J connectivity index is 2.36. The number of hydrogen-bond acceptors (Lipinski definition) is 0. The molecule has 1 aliphatic rings. The van der Waals surface area contributed by atoms with Crippen LogP contribution in [0, 0.1) is 11.8 Å². The zero-order chi connectivity index (χ0) is 33.1. The highest BCUT2D eigenvalue weighted by molar-refractivity contribution is 5.82. The van der Waals surface area contributed by atoms with Crippen molar-refractivity contribution >= 4 is 0 Å². The van der Waals surface area contributed by atoms with E-state index in [0.29, 0.717) is 11.8 Å². The molecule has 0 heteroatoms. The molecule has 45 heavy (non-hydrogen) atoms. The smallest absolute Gasteiger partial charge is 0.0271 e. The molecule has 2 aromatic rings. The molecular formula is C45H74. The molecule has 0 N–H and O–H groups in total. The first kappa shape index (κ1) is 37.9. The number of rotatable bonds is 22. The fourth-order valence-corrected chi connectivity index (χ4v) is 8.74. The fourth-order valence-electron chi connectivity index (χ4n) is 8.74. The zero-order valence-electron chi connectivity index (χ0n) is 31.8. The average Bonchev–Trinajstić information content (AvgIpc) is 3.33. The number of unbranched alkanes of at least 4 members (excludes halogenated alkanes) is 8. The van der Waals surface area contributed by atoms with E-state index in [1.165, 1.54) is 116 Å². The Kier molecular flexibility index (Phi) is 14.8. The summed E-state index contributed by atoms with van der Waals surface area (Å²) in [6, 6.07) is 15.6. The van der Waals surface area contributed by atoms with E-state index in [9.17, 15) is 0 Å². The van der Waals surface area contributed by atoms with Crippen molar-refractivity contribution in [3.8, 4) is 11.1 Å². The van der Waals surface area contributed by atoms with Crippen molar-refractivity contribution < 1.29 is 0 Å². The molecular weight excluding hydrogens is 540 g/mol. The third kappa shape index (κ3) is 8.49. The van der Waals surface area contributed by atoms with Crippen LogP contribution in [0.5, 0.6) is 0 Å². The maximum atomic E-state index is 2.75. The molecule has 1 aliphatic carbocycles. The van der Waals surface area contributed by atoms with Crippen LogP contribution in [0.25, 0.3) is 11.1 Å². The average molecular weight is 615 g/mol. The zero-order valence-corrected chi connectivity index (χ0v) is 31.8. The lowest BCUT2D eigenvalue weighted by Gasteiger charge is -2.47. The van der Waals surface area contributed by atoms with Crippen LogP contribution in [0.2, 0.25) is 0 Å². The van der Waals surface area contributed by atoms with Crippen molar-refractivity contribution in [2.75, 3.05) is 0 Å². The van der Waals surface area contributed by atoms with Gasteiger partial charge in [0.1, 0.15) is 0 Å². The molecule has 0 bridgehead atoms. The van der Waals surface area contributed by atoms with Crippen LogP contribution in [0.4, 0.5) is 0 Å². The largest absolute Gasteiger partial charge is 0.0654 e. The molecule has 0 nitrogen and oxygen atoms in total. The maximum absolute atomic E-state index is 2.75. The summed E-state index contributed by atoms with van der Waals surface area (Å²) in [6.45, 7) is 24.2. The lowest BCUT2D eigenvalue weighted by atomic mass is 9.56. The normalized spacial score (nSPS) is 15.6. The monoisotopic (exact) mass is 615 g/mol. The molecule has 2 aromatic carbocycles. The summed E-state index contributed by atoms with van der Waals surface area (Å²) in [7, 11) is 0. The minimum atomic E-state index is 0.103. The predicted octanol–water partition coefficient (Wildman–Crippen LogP) is 14.9. The molecule has 2 atom stereocenters. The van der Waals surface area contributed by atoms with E-state index in [-0.39, 0.29) is 16.2 Å². The van der Waals surface area contributed by atoms with Gasteiger partial charge in [0.05, 0.1) is 0 Å². The van der Waals surface area contributed by atoms with E-state index in [2.05, 4.69) is 106 Å². The van der Waals surface area contributed by atoms with Gasteiger partial charge in [0.25, 0.3) is 0 Å². The molecule has 0 aliphatic heterocycles.